The first kappa shape index (κ1) is 29.7. The van der Waals surface area contributed by atoms with Gasteiger partial charge in [0, 0.05) is 17.4 Å². The number of aliphatic hydroxyl groups is 7. The van der Waals surface area contributed by atoms with E-state index in [4.69, 9.17) is 18.9 Å². The number of hydrogen-bond donors (Lipinski definition) is 9. The third-order valence-corrected chi connectivity index (χ3v) is 8.78. The molecule has 15 nitrogen and oxygen atoms in total. The highest BCUT2D eigenvalue weighted by molar-refractivity contribution is 8.00. The third kappa shape index (κ3) is 6.36. The quantitative estimate of drug-likeness (QED) is 0.0692. The molecular formula is C22H36N2O13S. The average Bonchev–Trinajstić information content (AvgIpc) is 3.45. The number of unbranched alkanes of at least 4 members (excludes halogenated alkanes) is 1. The van der Waals surface area contributed by atoms with Crippen molar-refractivity contribution >= 4 is 23.8 Å². The van der Waals surface area contributed by atoms with E-state index in [0.29, 0.717) is 12.8 Å². The van der Waals surface area contributed by atoms with Gasteiger partial charge >= 0.3 is 12.0 Å². The van der Waals surface area contributed by atoms with E-state index >= 15 is 0 Å². The molecule has 0 aliphatic carbocycles. The molecule has 0 aromatic rings. The van der Waals surface area contributed by atoms with Crippen molar-refractivity contribution in [3.8, 4) is 0 Å². The van der Waals surface area contributed by atoms with Crippen LogP contribution in [0.15, 0.2) is 0 Å². The molecule has 0 radical (unpaired) electrons. The molecule has 13 atom stereocenters. The SMILES string of the molecule is O=C1NC2CSC(CCCCC(=O)OC3OC(CO)[C@H](O)[C@H](O[C@H]4OC(CO)[C@H](O)[C@H](O)C4O)C3O)[C@H]2N1. The second-order valence-electron chi connectivity index (χ2n) is 9.86. The number of nitrogens with one attached hydrogen (secondary N) is 2. The van der Waals surface area contributed by atoms with E-state index in [9.17, 15) is 45.3 Å². The molecule has 0 aromatic carbocycles. The molecule has 4 aliphatic heterocycles. The van der Waals surface area contributed by atoms with Crippen molar-refractivity contribution in [2.24, 2.45) is 0 Å². The zero-order valence-electron chi connectivity index (χ0n) is 20.4. The number of amides is 2. The maximum Gasteiger partial charge on any atom is 0.315 e. The van der Waals surface area contributed by atoms with E-state index in [1.54, 1.807) is 11.8 Å². The number of urea groups is 1. The molecule has 0 bridgehead atoms. The fourth-order valence-electron chi connectivity index (χ4n) is 5.09. The minimum absolute atomic E-state index is 0.00719. The van der Waals surface area contributed by atoms with Crippen LogP contribution in [-0.4, -0.2) is 145 Å². The number of thioether (sulfide) groups is 1. The minimum atomic E-state index is -1.80. The lowest BCUT2D eigenvalue weighted by Gasteiger charge is -2.45. The normalized spacial score (nSPS) is 44.8. The van der Waals surface area contributed by atoms with Gasteiger partial charge in [-0.05, 0) is 12.8 Å². The molecule has 2 amide bonds. The standard InChI is InChI=1S/C22H36N2O13S/c25-5-9-14(28)16(30)17(31)20(34-9)37-19-15(29)10(6-26)35-21(18(19)32)36-12(27)4-2-1-3-11-13-8(7-38-11)23-22(33)24-13/h8-11,13-21,25-26,28-32H,1-7H2,(H2,23,24,33)/t8?,9?,10?,11?,13-,14-,15-,16-,17?,18?,19-,20+,21?/m0/s1. The molecule has 0 spiro atoms. The number of fused-ring (bicyclic) bond motifs is 1. The van der Waals surface area contributed by atoms with Crippen molar-refractivity contribution in [3.63, 3.8) is 0 Å². The highest BCUT2D eigenvalue weighted by atomic mass is 32.2. The van der Waals surface area contributed by atoms with Gasteiger partial charge < -0.3 is 65.3 Å². The Bertz CT molecular complexity index is 824. The molecule has 4 fully saturated rings. The molecular weight excluding hydrogens is 532 g/mol. The zero-order valence-corrected chi connectivity index (χ0v) is 21.3. The van der Waals surface area contributed by atoms with Crippen LogP contribution in [0.2, 0.25) is 0 Å². The first-order valence-electron chi connectivity index (χ1n) is 12.6. The second kappa shape index (κ2) is 12.9. The molecule has 9 N–H and O–H groups in total. The van der Waals surface area contributed by atoms with E-state index in [0.717, 1.165) is 12.2 Å². The van der Waals surface area contributed by atoms with E-state index in [-0.39, 0.29) is 29.8 Å². The van der Waals surface area contributed by atoms with Gasteiger partial charge in [-0.3, -0.25) is 4.79 Å². The summed E-state index contributed by atoms with van der Waals surface area (Å²) >= 11 is 1.76. The predicted molar refractivity (Wildman–Crippen MR) is 126 cm³/mol. The maximum absolute atomic E-state index is 12.5. The summed E-state index contributed by atoms with van der Waals surface area (Å²) in [5, 5.41) is 76.4. The van der Waals surface area contributed by atoms with E-state index in [1.807, 2.05) is 0 Å². The summed E-state index contributed by atoms with van der Waals surface area (Å²) in [4.78, 5) is 24.0. The predicted octanol–water partition coefficient (Wildman–Crippen LogP) is -4.12. The van der Waals surface area contributed by atoms with Gasteiger partial charge in [-0.2, -0.15) is 11.8 Å². The summed E-state index contributed by atoms with van der Waals surface area (Å²) < 4.78 is 21.3. The summed E-state index contributed by atoms with van der Waals surface area (Å²) in [7, 11) is 0. The van der Waals surface area contributed by atoms with Crippen LogP contribution in [0.4, 0.5) is 4.79 Å². The number of aliphatic hydroxyl groups excluding tert-OH is 7. The van der Waals surface area contributed by atoms with Crippen LogP contribution >= 0.6 is 11.8 Å². The zero-order chi connectivity index (χ0) is 27.6. The molecule has 4 heterocycles. The fraction of sp³-hybridized carbons (Fsp3) is 0.909. The molecule has 7 unspecified atom stereocenters. The molecule has 4 saturated heterocycles. The van der Waals surface area contributed by atoms with Gasteiger partial charge in [-0.15, -0.1) is 0 Å². The van der Waals surface area contributed by atoms with Gasteiger partial charge in [-0.25, -0.2) is 4.79 Å². The monoisotopic (exact) mass is 568 g/mol. The van der Waals surface area contributed by atoms with Crippen LogP contribution in [0, 0.1) is 0 Å². The van der Waals surface area contributed by atoms with Crippen molar-refractivity contribution in [3.05, 3.63) is 0 Å². The van der Waals surface area contributed by atoms with Crippen LogP contribution in [0.3, 0.4) is 0 Å². The summed E-state index contributed by atoms with van der Waals surface area (Å²) in [5.74, 6) is 0.138. The molecule has 218 valence electrons. The lowest BCUT2D eigenvalue weighted by molar-refractivity contribution is -0.356. The largest absolute Gasteiger partial charge is 0.433 e. The summed E-state index contributed by atoms with van der Waals surface area (Å²) in [6.07, 6.45) is -14.1. The summed E-state index contributed by atoms with van der Waals surface area (Å²) in [6, 6.07) is 0.00752. The third-order valence-electron chi connectivity index (χ3n) is 7.27. The van der Waals surface area contributed by atoms with Crippen LogP contribution in [0.5, 0.6) is 0 Å². The van der Waals surface area contributed by atoms with Gasteiger partial charge in [-0.1, -0.05) is 6.42 Å². The van der Waals surface area contributed by atoms with Crippen molar-refractivity contribution < 1.29 is 64.3 Å². The Morgan fingerprint density at radius 2 is 1.58 bits per heavy atom. The van der Waals surface area contributed by atoms with E-state index in [1.165, 1.54) is 0 Å². The van der Waals surface area contributed by atoms with Crippen molar-refractivity contribution in [2.75, 3.05) is 19.0 Å². The van der Waals surface area contributed by atoms with Gasteiger partial charge in [0.25, 0.3) is 0 Å². The van der Waals surface area contributed by atoms with Crippen LogP contribution in [0.1, 0.15) is 25.7 Å². The molecule has 16 heteroatoms. The Balaban J connectivity index is 1.28. The van der Waals surface area contributed by atoms with Gasteiger partial charge in [0.05, 0.1) is 25.3 Å². The Morgan fingerprint density at radius 3 is 2.29 bits per heavy atom. The number of carbonyl (C=O) groups is 2. The lowest BCUT2D eigenvalue weighted by Crippen LogP contribution is -2.65. The first-order valence-corrected chi connectivity index (χ1v) is 13.7. The van der Waals surface area contributed by atoms with Crippen LogP contribution in [-0.2, 0) is 23.7 Å². The number of rotatable bonds is 10. The summed E-state index contributed by atoms with van der Waals surface area (Å²) in [6.45, 7) is -1.43. The maximum atomic E-state index is 12.5. The number of ether oxygens (including phenoxy) is 4. The van der Waals surface area contributed by atoms with E-state index in [2.05, 4.69) is 10.6 Å². The van der Waals surface area contributed by atoms with Gasteiger partial charge in [0.15, 0.2) is 6.29 Å². The molecule has 4 aliphatic rings. The lowest BCUT2D eigenvalue weighted by atomic mass is 9.97. The van der Waals surface area contributed by atoms with E-state index < -0.39 is 80.6 Å². The molecule has 4 rings (SSSR count). The topological polar surface area (TPSA) is 237 Å². The van der Waals surface area contributed by atoms with Gasteiger partial charge in [0.2, 0.25) is 6.29 Å². The minimum Gasteiger partial charge on any atom is -0.433 e. The van der Waals surface area contributed by atoms with Crippen LogP contribution < -0.4 is 10.6 Å². The number of esters is 1. The average molecular weight is 569 g/mol. The first-order chi connectivity index (χ1) is 18.1. The Kier molecular flexibility index (Phi) is 10.1. The smallest absolute Gasteiger partial charge is 0.315 e. The Hall–Kier alpha value is -1.31. The van der Waals surface area contributed by atoms with Crippen LogP contribution in [0.25, 0.3) is 0 Å². The Morgan fingerprint density at radius 1 is 0.895 bits per heavy atom. The van der Waals surface area contributed by atoms with Crippen molar-refractivity contribution in [1.29, 1.82) is 0 Å². The van der Waals surface area contributed by atoms with Crippen molar-refractivity contribution in [2.45, 2.75) is 104 Å². The van der Waals surface area contributed by atoms with Crippen molar-refractivity contribution in [1.82, 2.24) is 10.6 Å². The highest BCUT2D eigenvalue weighted by Gasteiger charge is 2.51. The number of hydrogen-bond acceptors (Lipinski definition) is 14. The number of carbonyl (C=O) groups excluding carboxylic acids is 2. The second-order valence-corrected chi connectivity index (χ2v) is 11.1. The fourth-order valence-corrected chi connectivity index (χ4v) is 6.64. The Labute approximate surface area is 222 Å². The molecule has 0 aromatic heterocycles. The molecule has 0 saturated carbocycles. The highest BCUT2D eigenvalue weighted by Crippen LogP contribution is 2.33. The molecule has 38 heavy (non-hydrogen) atoms. The summed E-state index contributed by atoms with van der Waals surface area (Å²) in [5.41, 5.74) is 0. The van der Waals surface area contributed by atoms with Gasteiger partial charge in [0.1, 0.15) is 48.8 Å².